The number of hydrazone groups is 1. The van der Waals surface area contributed by atoms with Crippen molar-refractivity contribution in [1.82, 2.24) is 9.97 Å². The van der Waals surface area contributed by atoms with Crippen LogP contribution in [0.25, 0.3) is 10.2 Å². The number of anilines is 1. The predicted molar refractivity (Wildman–Crippen MR) is 108 cm³/mol. The number of fused-ring (bicyclic) bond motifs is 3. The van der Waals surface area contributed by atoms with Crippen LogP contribution >= 0.6 is 11.3 Å². The molecule has 1 aromatic carbocycles. The van der Waals surface area contributed by atoms with E-state index in [1.54, 1.807) is 17.7 Å². The molecule has 0 radical (unpaired) electrons. The van der Waals surface area contributed by atoms with Crippen molar-refractivity contribution in [3.63, 3.8) is 0 Å². The minimum atomic E-state index is 0.669. The van der Waals surface area contributed by atoms with Gasteiger partial charge in [-0.15, -0.1) is 11.3 Å². The van der Waals surface area contributed by atoms with Gasteiger partial charge in [-0.3, -0.25) is 5.43 Å². The van der Waals surface area contributed by atoms with Crippen LogP contribution in [-0.4, -0.2) is 22.3 Å². The van der Waals surface area contributed by atoms with Crippen LogP contribution in [-0.2, 0) is 12.8 Å². The van der Waals surface area contributed by atoms with Crippen LogP contribution in [0.15, 0.2) is 35.7 Å². The van der Waals surface area contributed by atoms with E-state index in [0.29, 0.717) is 6.61 Å². The Kier molecular flexibility index (Phi) is 4.84. The highest BCUT2D eigenvalue weighted by atomic mass is 32.1. The largest absolute Gasteiger partial charge is 0.494 e. The molecule has 134 valence electrons. The Bertz CT molecular complexity index is 946. The third-order valence-corrected chi connectivity index (χ3v) is 5.86. The zero-order valence-corrected chi connectivity index (χ0v) is 15.9. The summed E-state index contributed by atoms with van der Waals surface area (Å²) in [5, 5.41) is 5.71. The number of rotatable bonds is 5. The van der Waals surface area contributed by atoms with Crippen LogP contribution < -0.4 is 10.2 Å². The second-order valence-electron chi connectivity index (χ2n) is 6.38. The molecule has 2 heterocycles. The Morgan fingerprint density at radius 2 is 2.00 bits per heavy atom. The molecule has 0 spiro atoms. The molecule has 26 heavy (non-hydrogen) atoms. The van der Waals surface area contributed by atoms with Gasteiger partial charge in [0.15, 0.2) is 5.82 Å². The van der Waals surface area contributed by atoms with Crippen LogP contribution in [0.4, 0.5) is 5.82 Å². The molecule has 0 atom stereocenters. The van der Waals surface area contributed by atoms with Crippen molar-refractivity contribution in [2.75, 3.05) is 12.0 Å². The molecule has 0 saturated carbocycles. The van der Waals surface area contributed by atoms with Crippen molar-refractivity contribution in [2.45, 2.75) is 39.5 Å². The molecule has 4 rings (SSSR count). The molecule has 2 aromatic heterocycles. The number of hydrogen-bond acceptors (Lipinski definition) is 6. The van der Waals surface area contributed by atoms with Gasteiger partial charge < -0.3 is 4.74 Å². The Balaban J connectivity index is 1.60. The number of hydrogen-bond donors (Lipinski definition) is 1. The number of aryl methyl sites for hydroxylation is 2. The van der Waals surface area contributed by atoms with Crippen LogP contribution in [0.2, 0.25) is 0 Å². The van der Waals surface area contributed by atoms with Crippen molar-refractivity contribution >= 4 is 33.1 Å². The Labute approximate surface area is 157 Å². The fraction of sp³-hybridized carbons (Fsp3) is 0.350. The maximum atomic E-state index is 5.49. The van der Waals surface area contributed by atoms with Crippen molar-refractivity contribution in [3.05, 3.63) is 46.6 Å². The monoisotopic (exact) mass is 366 g/mol. The first-order valence-electron chi connectivity index (χ1n) is 9.05. The standard InChI is InChI=1S/C20H22N4OS/c1-3-25-15-10-8-14(9-11-15)13(2)23-24-19-18-16-6-4-5-7-17(16)26-20(18)22-12-21-19/h8-12H,3-7H2,1-2H3,(H,21,22,24)/b23-13+. The topological polar surface area (TPSA) is 59.4 Å². The number of nitrogens with zero attached hydrogens (tertiary/aromatic N) is 3. The second-order valence-corrected chi connectivity index (χ2v) is 7.46. The normalized spacial score (nSPS) is 14.3. The van der Waals surface area contributed by atoms with Gasteiger partial charge in [0.1, 0.15) is 16.9 Å². The zero-order valence-electron chi connectivity index (χ0n) is 15.1. The van der Waals surface area contributed by atoms with E-state index in [0.717, 1.165) is 45.9 Å². The van der Waals surface area contributed by atoms with Gasteiger partial charge in [-0.25, -0.2) is 9.97 Å². The van der Waals surface area contributed by atoms with Crippen molar-refractivity contribution in [2.24, 2.45) is 5.10 Å². The van der Waals surface area contributed by atoms with Crippen LogP contribution in [0.3, 0.4) is 0 Å². The van der Waals surface area contributed by atoms with Crippen LogP contribution in [0.1, 0.15) is 42.7 Å². The summed E-state index contributed by atoms with van der Waals surface area (Å²) in [4.78, 5) is 11.4. The molecule has 0 unspecified atom stereocenters. The molecule has 0 saturated heterocycles. The second kappa shape index (κ2) is 7.41. The van der Waals surface area contributed by atoms with E-state index < -0.39 is 0 Å². The van der Waals surface area contributed by atoms with Crippen LogP contribution in [0, 0.1) is 0 Å². The van der Waals surface area contributed by atoms with E-state index in [2.05, 4.69) is 20.5 Å². The lowest BCUT2D eigenvalue weighted by Gasteiger charge is -2.11. The molecule has 0 amide bonds. The van der Waals surface area contributed by atoms with Gasteiger partial charge in [-0.05, 0) is 74.9 Å². The maximum absolute atomic E-state index is 5.49. The molecule has 5 nitrogen and oxygen atoms in total. The first kappa shape index (κ1) is 17.0. The van der Waals surface area contributed by atoms with Gasteiger partial charge in [0.05, 0.1) is 17.7 Å². The first-order chi connectivity index (χ1) is 12.8. The highest BCUT2D eigenvalue weighted by Crippen LogP contribution is 2.38. The molecule has 1 N–H and O–H groups in total. The van der Waals surface area contributed by atoms with E-state index in [4.69, 9.17) is 4.74 Å². The lowest BCUT2D eigenvalue weighted by Crippen LogP contribution is -2.03. The molecule has 1 aliphatic carbocycles. The number of aromatic nitrogens is 2. The minimum absolute atomic E-state index is 0.669. The van der Waals surface area contributed by atoms with Gasteiger partial charge in [0, 0.05) is 4.88 Å². The Morgan fingerprint density at radius 1 is 1.19 bits per heavy atom. The predicted octanol–water partition coefficient (Wildman–Crippen LogP) is 4.80. The SMILES string of the molecule is CCOc1ccc(/C(C)=N/Nc2ncnc3sc4c(c23)CCCC4)cc1. The Morgan fingerprint density at radius 3 is 2.81 bits per heavy atom. The molecular weight excluding hydrogens is 344 g/mol. The minimum Gasteiger partial charge on any atom is -0.494 e. The summed E-state index contributed by atoms with van der Waals surface area (Å²) in [6.07, 6.45) is 6.39. The van der Waals surface area contributed by atoms with E-state index in [9.17, 15) is 0 Å². The summed E-state index contributed by atoms with van der Waals surface area (Å²) in [6.45, 7) is 4.64. The van der Waals surface area contributed by atoms with E-state index in [1.165, 1.54) is 23.3 Å². The summed E-state index contributed by atoms with van der Waals surface area (Å²) >= 11 is 1.80. The fourth-order valence-electron chi connectivity index (χ4n) is 3.34. The first-order valence-corrected chi connectivity index (χ1v) is 9.86. The summed E-state index contributed by atoms with van der Waals surface area (Å²) in [7, 11) is 0. The lowest BCUT2D eigenvalue weighted by atomic mass is 9.97. The molecule has 6 heteroatoms. The zero-order chi connectivity index (χ0) is 17.9. The van der Waals surface area contributed by atoms with Crippen molar-refractivity contribution in [1.29, 1.82) is 0 Å². The molecular formula is C20H22N4OS. The quantitative estimate of drug-likeness (QED) is 0.520. The van der Waals surface area contributed by atoms with Gasteiger partial charge in [-0.1, -0.05) is 0 Å². The van der Waals surface area contributed by atoms with E-state index in [1.807, 2.05) is 38.1 Å². The molecule has 1 aliphatic rings. The van der Waals surface area contributed by atoms with Gasteiger partial charge in [-0.2, -0.15) is 5.10 Å². The summed E-state index contributed by atoms with van der Waals surface area (Å²) in [6, 6.07) is 7.98. The van der Waals surface area contributed by atoms with Crippen molar-refractivity contribution in [3.8, 4) is 5.75 Å². The third-order valence-electron chi connectivity index (χ3n) is 4.66. The lowest BCUT2D eigenvalue weighted by molar-refractivity contribution is 0.340. The molecule has 3 aromatic rings. The van der Waals surface area contributed by atoms with Gasteiger partial charge in [0.25, 0.3) is 0 Å². The molecule has 0 bridgehead atoms. The highest BCUT2D eigenvalue weighted by Gasteiger charge is 2.19. The van der Waals surface area contributed by atoms with Crippen molar-refractivity contribution < 1.29 is 4.74 Å². The average Bonchev–Trinajstić information content (AvgIpc) is 3.06. The van der Waals surface area contributed by atoms with Gasteiger partial charge in [0.2, 0.25) is 0 Å². The number of benzene rings is 1. The molecule has 0 aliphatic heterocycles. The summed E-state index contributed by atoms with van der Waals surface area (Å²) < 4.78 is 5.49. The molecule has 0 fully saturated rings. The summed E-state index contributed by atoms with van der Waals surface area (Å²) in [5.41, 5.74) is 6.55. The fourth-order valence-corrected chi connectivity index (χ4v) is 4.56. The smallest absolute Gasteiger partial charge is 0.158 e. The summed E-state index contributed by atoms with van der Waals surface area (Å²) in [5.74, 6) is 1.68. The number of thiophene rings is 1. The number of ether oxygens (including phenoxy) is 1. The number of nitrogens with one attached hydrogen (secondary N) is 1. The maximum Gasteiger partial charge on any atom is 0.158 e. The highest BCUT2D eigenvalue weighted by molar-refractivity contribution is 7.19. The van der Waals surface area contributed by atoms with Crippen LogP contribution in [0.5, 0.6) is 5.75 Å². The Hall–Kier alpha value is -2.47. The third kappa shape index (κ3) is 3.29. The average molecular weight is 366 g/mol. The van der Waals surface area contributed by atoms with E-state index >= 15 is 0 Å². The van der Waals surface area contributed by atoms with Gasteiger partial charge >= 0.3 is 0 Å². The van der Waals surface area contributed by atoms with E-state index in [-0.39, 0.29) is 0 Å².